The summed E-state index contributed by atoms with van der Waals surface area (Å²) in [5.74, 6) is 2.66. The summed E-state index contributed by atoms with van der Waals surface area (Å²) in [4.78, 5) is 12.6. The monoisotopic (exact) mass is 377 g/mol. The van der Waals surface area contributed by atoms with E-state index < -0.39 is 0 Å². The Kier molecular flexibility index (Phi) is 5.03. The SMILES string of the molecule is Cc1ccc(-n2nc3c(c2NC(=O)CCc2ccccc2)CSC3)cc1C. The van der Waals surface area contributed by atoms with Crippen molar-refractivity contribution in [3.05, 3.63) is 76.5 Å². The molecule has 0 radical (unpaired) electrons. The lowest BCUT2D eigenvalue weighted by molar-refractivity contribution is -0.116. The summed E-state index contributed by atoms with van der Waals surface area (Å²) >= 11 is 1.84. The Hall–Kier alpha value is -2.53. The maximum Gasteiger partial charge on any atom is 0.225 e. The minimum atomic E-state index is 0.0311. The number of anilines is 1. The lowest BCUT2D eigenvalue weighted by Crippen LogP contribution is -2.16. The third kappa shape index (κ3) is 3.78. The summed E-state index contributed by atoms with van der Waals surface area (Å²) in [6.45, 7) is 4.20. The van der Waals surface area contributed by atoms with Crippen LogP contribution >= 0.6 is 11.8 Å². The molecule has 0 saturated heterocycles. The number of thioether (sulfide) groups is 1. The molecule has 0 atom stereocenters. The third-order valence-electron chi connectivity index (χ3n) is 5.03. The van der Waals surface area contributed by atoms with Crippen molar-refractivity contribution in [1.82, 2.24) is 9.78 Å². The number of hydrogen-bond acceptors (Lipinski definition) is 3. The Morgan fingerprint density at radius 1 is 1.11 bits per heavy atom. The molecule has 3 aromatic rings. The molecule has 0 bridgehead atoms. The van der Waals surface area contributed by atoms with Crippen molar-refractivity contribution >= 4 is 23.5 Å². The minimum Gasteiger partial charge on any atom is -0.310 e. The molecule has 0 aliphatic carbocycles. The Morgan fingerprint density at radius 3 is 2.70 bits per heavy atom. The Labute approximate surface area is 164 Å². The number of hydrogen-bond donors (Lipinski definition) is 1. The molecule has 0 spiro atoms. The molecule has 4 nitrogen and oxygen atoms in total. The fraction of sp³-hybridized carbons (Fsp3) is 0.273. The zero-order valence-corrected chi connectivity index (χ0v) is 16.5. The van der Waals surface area contributed by atoms with Crippen LogP contribution in [0, 0.1) is 13.8 Å². The van der Waals surface area contributed by atoms with Gasteiger partial charge >= 0.3 is 0 Å². The highest BCUT2D eigenvalue weighted by atomic mass is 32.2. The average molecular weight is 378 g/mol. The molecule has 0 fully saturated rings. The van der Waals surface area contributed by atoms with Crippen LogP contribution in [-0.2, 0) is 22.7 Å². The zero-order chi connectivity index (χ0) is 18.8. The van der Waals surface area contributed by atoms with Crippen LogP contribution in [0.5, 0.6) is 0 Å². The van der Waals surface area contributed by atoms with Crippen LogP contribution in [0.3, 0.4) is 0 Å². The van der Waals surface area contributed by atoms with Crippen molar-refractivity contribution in [2.45, 2.75) is 38.2 Å². The summed E-state index contributed by atoms with van der Waals surface area (Å²) in [7, 11) is 0. The fourth-order valence-corrected chi connectivity index (χ4v) is 4.32. The number of carbonyl (C=O) groups is 1. The van der Waals surface area contributed by atoms with Crippen molar-refractivity contribution < 1.29 is 4.79 Å². The molecule has 1 aliphatic heterocycles. The number of benzene rings is 2. The lowest BCUT2D eigenvalue weighted by Gasteiger charge is -2.12. The first-order valence-electron chi connectivity index (χ1n) is 9.22. The Bertz CT molecular complexity index is 979. The van der Waals surface area contributed by atoms with Gasteiger partial charge in [-0.2, -0.15) is 16.9 Å². The minimum absolute atomic E-state index is 0.0311. The number of aromatic nitrogens is 2. The highest BCUT2D eigenvalue weighted by molar-refractivity contribution is 7.98. The van der Waals surface area contributed by atoms with Crippen molar-refractivity contribution in [3.63, 3.8) is 0 Å². The summed E-state index contributed by atoms with van der Waals surface area (Å²) in [6, 6.07) is 16.4. The standard InChI is InChI=1S/C22H23N3OS/c1-15-8-10-18(12-16(15)2)25-22(19-13-27-14-20(19)24-25)23-21(26)11-9-17-6-4-3-5-7-17/h3-8,10,12H,9,11,13-14H2,1-2H3,(H,23,26). The lowest BCUT2D eigenvalue weighted by atomic mass is 10.1. The average Bonchev–Trinajstić information content (AvgIpc) is 3.26. The van der Waals surface area contributed by atoms with E-state index in [1.54, 1.807) is 0 Å². The van der Waals surface area contributed by atoms with Crippen LogP contribution in [0.4, 0.5) is 5.82 Å². The molecule has 138 valence electrons. The van der Waals surface area contributed by atoms with Crippen LogP contribution < -0.4 is 5.32 Å². The van der Waals surface area contributed by atoms with Gasteiger partial charge in [-0.15, -0.1) is 0 Å². The van der Waals surface area contributed by atoms with Gasteiger partial charge in [0.05, 0.1) is 11.4 Å². The van der Waals surface area contributed by atoms with Gasteiger partial charge in [-0.1, -0.05) is 36.4 Å². The maximum absolute atomic E-state index is 12.6. The highest BCUT2D eigenvalue weighted by Gasteiger charge is 2.24. The second-order valence-corrected chi connectivity index (χ2v) is 7.97. The Balaban J connectivity index is 1.58. The van der Waals surface area contributed by atoms with E-state index in [1.807, 2.05) is 34.6 Å². The van der Waals surface area contributed by atoms with Gasteiger partial charge < -0.3 is 5.32 Å². The van der Waals surface area contributed by atoms with Crippen molar-refractivity contribution in [3.8, 4) is 5.69 Å². The van der Waals surface area contributed by atoms with E-state index in [1.165, 1.54) is 16.7 Å². The van der Waals surface area contributed by atoms with Gasteiger partial charge in [0.15, 0.2) is 0 Å². The summed E-state index contributed by atoms with van der Waals surface area (Å²) in [6.07, 6.45) is 1.20. The van der Waals surface area contributed by atoms with Crippen LogP contribution in [-0.4, -0.2) is 15.7 Å². The van der Waals surface area contributed by atoms with Gasteiger partial charge in [-0.3, -0.25) is 4.79 Å². The van der Waals surface area contributed by atoms with E-state index in [9.17, 15) is 4.79 Å². The number of aryl methyl sites for hydroxylation is 3. The first-order chi connectivity index (χ1) is 13.1. The smallest absolute Gasteiger partial charge is 0.225 e. The van der Waals surface area contributed by atoms with Crippen molar-refractivity contribution in [2.24, 2.45) is 0 Å². The van der Waals surface area contributed by atoms with Crippen LogP contribution in [0.2, 0.25) is 0 Å². The first kappa shape index (κ1) is 17.9. The van der Waals surface area contributed by atoms with Crippen LogP contribution in [0.25, 0.3) is 5.69 Å². The number of rotatable bonds is 5. The van der Waals surface area contributed by atoms with Gasteiger partial charge in [-0.05, 0) is 49.1 Å². The third-order valence-corrected chi connectivity index (χ3v) is 6.00. The first-order valence-corrected chi connectivity index (χ1v) is 10.4. The molecule has 0 unspecified atom stereocenters. The summed E-state index contributed by atoms with van der Waals surface area (Å²) < 4.78 is 1.90. The van der Waals surface area contributed by atoms with Crippen molar-refractivity contribution in [2.75, 3.05) is 5.32 Å². The van der Waals surface area contributed by atoms with E-state index in [0.717, 1.165) is 40.7 Å². The molecule has 27 heavy (non-hydrogen) atoms. The fourth-order valence-electron chi connectivity index (χ4n) is 3.28. The molecule has 2 heterocycles. The van der Waals surface area contributed by atoms with Crippen LogP contribution in [0.1, 0.15) is 34.4 Å². The zero-order valence-electron chi connectivity index (χ0n) is 15.7. The number of amides is 1. The predicted molar refractivity (Wildman–Crippen MR) is 111 cm³/mol. The van der Waals surface area contributed by atoms with Crippen molar-refractivity contribution in [1.29, 1.82) is 0 Å². The number of nitrogens with zero attached hydrogens (tertiary/aromatic N) is 2. The largest absolute Gasteiger partial charge is 0.310 e. The molecule has 1 N–H and O–H groups in total. The number of fused-ring (bicyclic) bond motifs is 1. The quantitative estimate of drug-likeness (QED) is 0.694. The van der Waals surface area contributed by atoms with E-state index in [-0.39, 0.29) is 5.91 Å². The Morgan fingerprint density at radius 2 is 1.93 bits per heavy atom. The van der Waals surface area contributed by atoms with Gasteiger partial charge in [0.25, 0.3) is 0 Å². The van der Waals surface area contributed by atoms with Crippen LogP contribution in [0.15, 0.2) is 48.5 Å². The van der Waals surface area contributed by atoms with E-state index >= 15 is 0 Å². The highest BCUT2D eigenvalue weighted by Crippen LogP contribution is 2.36. The van der Waals surface area contributed by atoms with Gasteiger partial charge in [-0.25, -0.2) is 4.68 Å². The number of nitrogens with one attached hydrogen (secondary N) is 1. The molecule has 1 amide bonds. The summed E-state index contributed by atoms with van der Waals surface area (Å²) in [5, 5.41) is 7.93. The molecule has 2 aromatic carbocycles. The molecule has 1 aliphatic rings. The van der Waals surface area contributed by atoms with E-state index in [4.69, 9.17) is 5.10 Å². The normalized spacial score (nSPS) is 12.8. The summed E-state index contributed by atoms with van der Waals surface area (Å²) in [5.41, 5.74) is 6.89. The van der Waals surface area contributed by atoms with Gasteiger partial charge in [0.2, 0.25) is 5.91 Å². The molecule has 4 rings (SSSR count). The van der Waals surface area contributed by atoms with Gasteiger partial charge in [0, 0.05) is 23.5 Å². The van der Waals surface area contributed by atoms with E-state index in [2.05, 4.69) is 49.5 Å². The predicted octanol–water partition coefficient (Wildman–Crippen LogP) is 4.81. The van der Waals surface area contributed by atoms with Gasteiger partial charge in [0.1, 0.15) is 5.82 Å². The molecular weight excluding hydrogens is 354 g/mol. The van der Waals surface area contributed by atoms with E-state index in [0.29, 0.717) is 6.42 Å². The second kappa shape index (κ2) is 7.61. The number of carbonyl (C=O) groups excluding carboxylic acids is 1. The molecular formula is C22H23N3OS. The maximum atomic E-state index is 12.6. The molecule has 5 heteroatoms. The topological polar surface area (TPSA) is 46.9 Å². The molecule has 0 saturated carbocycles. The second-order valence-electron chi connectivity index (χ2n) is 6.98. The molecule has 1 aromatic heterocycles.